The number of halogens is 4. The minimum Gasteiger partial charge on any atom is -0.511 e. The molecule has 7 heteroatoms. The molecule has 3 aliphatic rings. The predicted molar refractivity (Wildman–Crippen MR) is 120 cm³/mol. The maximum atomic E-state index is 13.6. The highest BCUT2D eigenvalue weighted by Crippen LogP contribution is 2.63. The molecule has 1 unspecified atom stereocenters. The third-order valence-electron chi connectivity index (χ3n) is 7.68. The molecule has 5 rings (SSSR count). The van der Waals surface area contributed by atoms with Crippen LogP contribution in [-0.4, -0.2) is 22.1 Å². The van der Waals surface area contributed by atoms with E-state index in [0.29, 0.717) is 23.1 Å². The van der Waals surface area contributed by atoms with Gasteiger partial charge in [-0.25, -0.2) is 0 Å². The Kier molecular flexibility index (Phi) is 4.83. The topological polar surface area (TPSA) is 46.5 Å². The van der Waals surface area contributed by atoms with E-state index in [4.69, 9.17) is 16.3 Å². The van der Waals surface area contributed by atoms with E-state index in [-0.39, 0.29) is 22.1 Å². The number of hydrogen-bond donors (Lipinski definition) is 1. The van der Waals surface area contributed by atoms with Crippen molar-refractivity contribution in [3.05, 3.63) is 63.9 Å². The number of aliphatic hydroxyl groups excluding tert-OH is 1. The maximum Gasteiger partial charge on any atom is 0.417 e. The normalized spacial score (nSPS) is 30.9. The number of allylic oxidation sites excluding steroid dienone is 1. The van der Waals surface area contributed by atoms with Gasteiger partial charge in [-0.2, -0.15) is 13.2 Å². The van der Waals surface area contributed by atoms with Gasteiger partial charge in [-0.05, 0) is 73.6 Å². The maximum absolute atomic E-state index is 13.6. The smallest absolute Gasteiger partial charge is 0.417 e. The second-order valence-electron chi connectivity index (χ2n) is 9.73. The van der Waals surface area contributed by atoms with Crippen LogP contribution in [0.3, 0.4) is 0 Å². The second-order valence-corrected chi connectivity index (χ2v) is 10.1. The summed E-state index contributed by atoms with van der Waals surface area (Å²) in [6.45, 7) is 5.81. The number of ketones is 1. The highest BCUT2D eigenvalue weighted by Gasteiger charge is 2.69. The van der Waals surface area contributed by atoms with Gasteiger partial charge in [-0.3, -0.25) is 4.79 Å². The van der Waals surface area contributed by atoms with Crippen molar-refractivity contribution in [3.63, 3.8) is 0 Å². The van der Waals surface area contributed by atoms with Gasteiger partial charge in [-0.1, -0.05) is 36.7 Å². The fourth-order valence-electron chi connectivity index (χ4n) is 6.08. The average Bonchev–Trinajstić information content (AvgIpc) is 3.30. The molecule has 2 heterocycles. The molecule has 0 radical (unpaired) electrons. The highest BCUT2D eigenvalue weighted by molar-refractivity contribution is 6.31. The summed E-state index contributed by atoms with van der Waals surface area (Å²) in [5.41, 5.74) is 0.429. The first-order chi connectivity index (χ1) is 15.4. The zero-order valence-corrected chi connectivity index (χ0v) is 19.3. The number of alkyl halides is 3. The summed E-state index contributed by atoms with van der Waals surface area (Å²) in [6.07, 6.45) is -2.46. The first-order valence-electron chi connectivity index (χ1n) is 11.1. The van der Waals surface area contributed by atoms with Gasteiger partial charge < -0.3 is 9.84 Å². The molecule has 1 aliphatic carbocycles. The molecule has 3 nitrogen and oxygen atoms in total. The quantitative estimate of drug-likeness (QED) is 0.518. The molecule has 2 aliphatic heterocycles. The van der Waals surface area contributed by atoms with E-state index < -0.39 is 34.8 Å². The lowest BCUT2D eigenvalue weighted by atomic mass is 9.68. The van der Waals surface area contributed by atoms with Crippen molar-refractivity contribution in [2.75, 3.05) is 0 Å². The monoisotopic (exact) mass is 476 g/mol. The molecule has 0 spiro atoms. The van der Waals surface area contributed by atoms with Crippen LogP contribution in [-0.2, 0) is 22.1 Å². The van der Waals surface area contributed by atoms with Crippen molar-refractivity contribution in [2.24, 2.45) is 11.8 Å². The van der Waals surface area contributed by atoms with Gasteiger partial charge >= 0.3 is 6.18 Å². The first-order valence-corrected chi connectivity index (χ1v) is 11.5. The number of carbonyl (C=O) groups is 1. The summed E-state index contributed by atoms with van der Waals surface area (Å²) >= 11 is 5.79. The Balaban J connectivity index is 1.65. The minimum absolute atomic E-state index is 0.0369. The number of fused-ring (bicyclic) bond motifs is 5. The molecule has 2 fully saturated rings. The predicted octanol–water partition coefficient (Wildman–Crippen LogP) is 7.01. The SMILES string of the molecule is CCc1ccc(-c2ccc(Cl)c(C(F)(F)F)c2)cc1C1=C(O)[C@H]2[C@@H](C1=O)[C@]1(C)CCC2(C)O1. The van der Waals surface area contributed by atoms with Crippen LogP contribution < -0.4 is 0 Å². The Morgan fingerprint density at radius 1 is 1.06 bits per heavy atom. The van der Waals surface area contributed by atoms with E-state index in [1.807, 2.05) is 26.8 Å². The standard InChI is InChI=1S/C26H24ClF3O3/c1-4-13-5-6-14(15-7-8-18(27)17(12-15)26(28,29)30)11-16(13)19-22(31)20-21(23(19)32)25(3)10-9-24(20,2)33-25/h5-8,11-12,20-21,31H,4,9-10H2,1-3H3/t20-,21+,24?,25+/m1/s1. The van der Waals surface area contributed by atoms with Gasteiger partial charge in [0, 0.05) is 0 Å². The molecule has 174 valence electrons. The van der Waals surface area contributed by atoms with Crippen molar-refractivity contribution in [1.29, 1.82) is 0 Å². The van der Waals surface area contributed by atoms with E-state index in [1.54, 1.807) is 12.1 Å². The lowest BCUT2D eigenvalue weighted by Crippen LogP contribution is -2.39. The van der Waals surface area contributed by atoms with E-state index in [1.165, 1.54) is 12.1 Å². The van der Waals surface area contributed by atoms with Crippen LogP contribution >= 0.6 is 11.6 Å². The molecular weight excluding hydrogens is 453 g/mol. The van der Waals surface area contributed by atoms with E-state index in [0.717, 1.165) is 24.5 Å². The number of rotatable bonds is 3. The molecule has 0 saturated carbocycles. The molecule has 0 amide bonds. The van der Waals surface area contributed by atoms with Crippen LogP contribution in [0.1, 0.15) is 50.3 Å². The molecule has 33 heavy (non-hydrogen) atoms. The van der Waals surface area contributed by atoms with Crippen molar-refractivity contribution < 1.29 is 27.8 Å². The largest absolute Gasteiger partial charge is 0.511 e. The molecule has 1 N–H and O–H groups in total. The number of benzene rings is 2. The van der Waals surface area contributed by atoms with Crippen molar-refractivity contribution in [1.82, 2.24) is 0 Å². The third-order valence-corrected chi connectivity index (χ3v) is 8.01. The van der Waals surface area contributed by atoms with Crippen molar-refractivity contribution in [2.45, 2.75) is 57.4 Å². The summed E-state index contributed by atoms with van der Waals surface area (Å²) in [5, 5.41) is 10.9. The summed E-state index contributed by atoms with van der Waals surface area (Å²) in [4.78, 5) is 13.6. The molecule has 4 atom stereocenters. The number of Topliss-reactive ketones (excluding diaryl/α,β-unsaturated/α-hetero) is 1. The summed E-state index contributed by atoms with van der Waals surface area (Å²) in [5.74, 6) is -0.969. The fraction of sp³-hybridized carbons (Fsp3) is 0.423. The fourth-order valence-corrected chi connectivity index (χ4v) is 6.30. The Labute approximate surface area is 195 Å². The number of aryl methyl sites for hydroxylation is 1. The van der Waals surface area contributed by atoms with Gasteiger partial charge in [0.2, 0.25) is 0 Å². The van der Waals surface area contributed by atoms with E-state index in [9.17, 15) is 23.1 Å². The molecule has 2 aromatic carbocycles. The molecular formula is C26H24ClF3O3. The molecule has 2 aromatic rings. The number of ether oxygens (including phenoxy) is 1. The summed E-state index contributed by atoms with van der Waals surface area (Å²) in [7, 11) is 0. The van der Waals surface area contributed by atoms with E-state index in [2.05, 4.69) is 0 Å². The van der Waals surface area contributed by atoms with Crippen LogP contribution in [0.5, 0.6) is 0 Å². The van der Waals surface area contributed by atoms with Crippen LogP contribution in [0.15, 0.2) is 42.2 Å². The van der Waals surface area contributed by atoms with Crippen LogP contribution in [0, 0.1) is 11.8 Å². The Morgan fingerprint density at radius 3 is 2.27 bits per heavy atom. The molecule has 2 saturated heterocycles. The third kappa shape index (κ3) is 3.17. The van der Waals surface area contributed by atoms with Crippen LogP contribution in [0.25, 0.3) is 16.7 Å². The summed E-state index contributed by atoms with van der Waals surface area (Å²) in [6, 6.07) is 9.02. The Bertz CT molecular complexity index is 1220. The molecule has 0 aromatic heterocycles. The lowest BCUT2D eigenvalue weighted by Gasteiger charge is -2.30. The highest BCUT2D eigenvalue weighted by atomic mass is 35.5. The Hall–Kier alpha value is -2.31. The lowest BCUT2D eigenvalue weighted by molar-refractivity contribution is -0.137. The minimum atomic E-state index is -4.58. The summed E-state index contributed by atoms with van der Waals surface area (Å²) < 4.78 is 46.4. The van der Waals surface area contributed by atoms with Crippen molar-refractivity contribution in [3.8, 4) is 11.1 Å². The number of aliphatic hydroxyl groups is 1. The van der Waals surface area contributed by atoms with Crippen molar-refractivity contribution >= 4 is 23.0 Å². The zero-order chi connectivity index (χ0) is 23.9. The van der Waals surface area contributed by atoms with E-state index >= 15 is 0 Å². The molecule has 2 bridgehead atoms. The second kappa shape index (κ2) is 7.09. The zero-order valence-electron chi connectivity index (χ0n) is 18.5. The number of hydrogen-bond acceptors (Lipinski definition) is 3. The van der Waals surface area contributed by atoms with Crippen LogP contribution in [0.2, 0.25) is 5.02 Å². The first kappa shape index (κ1) is 22.5. The van der Waals surface area contributed by atoms with Gasteiger partial charge in [0.15, 0.2) is 5.78 Å². The van der Waals surface area contributed by atoms with Gasteiger partial charge in [-0.15, -0.1) is 0 Å². The van der Waals surface area contributed by atoms with Crippen LogP contribution in [0.4, 0.5) is 13.2 Å². The average molecular weight is 477 g/mol. The van der Waals surface area contributed by atoms with Gasteiger partial charge in [0.05, 0.1) is 39.2 Å². The Morgan fingerprint density at radius 2 is 1.67 bits per heavy atom. The number of carbonyl (C=O) groups excluding carboxylic acids is 1. The van der Waals surface area contributed by atoms with Gasteiger partial charge in [0.1, 0.15) is 5.76 Å². The van der Waals surface area contributed by atoms with Gasteiger partial charge in [0.25, 0.3) is 0 Å².